The van der Waals surface area contributed by atoms with E-state index in [-0.39, 0.29) is 21.5 Å². The van der Waals surface area contributed by atoms with E-state index in [4.69, 9.17) is 9.47 Å². The molecule has 0 bridgehead atoms. The van der Waals surface area contributed by atoms with Crippen LogP contribution in [0.15, 0.2) is 40.4 Å². The van der Waals surface area contributed by atoms with Crippen LogP contribution in [-0.4, -0.2) is 38.2 Å². The van der Waals surface area contributed by atoms with E-state index in [1.807, 2.05) is 0 Å². The maximum atomic E-state index is 12.9. The number of nitrogens with zero attached hydrogens (tertiary/aromatic N) is 1. The Hall–Kier alpha value is -3.61. The van der Waals surface area contributed by atoms with Crippen LogP contribution in [-0.2, 0) is 25.2 Å². The van der Waals surface area contributed by atoms with Gasteiger partial charge in [0.2, 0.25) is 5.75 Å². The van der Waals surface area contributed by atoms with Gasteiger partial charge >= 0.3 is 23.8 Å². The number of esters is 2. The summed E-state index contributed by atoms with van der Waals surface area (Å²) in [6, 6.07) is 4.50. The lowest BCUT2D eigenvalue weighted by Gasteiger charge is -2.14. The number of carbonyl (C=O) groups excluding carboxylic acids is 2. The smallest absolute Gasteiger partial charge is 0.416 e. The van der Waals surface area contributed by atoms with Gasteiger partial charge in [-0.15, -0.1) is 0 Å². The molecule has 0 saturated heterocycles. The summed E-state index contributed by atoms with van der Waals surface area (Å²) in [5, 5.41) is 11.3. The van der Waals surface area contributed by atoms with Crippen LogP contribution in [0, 0.1) is 10.1 Å². The first-order valence-electron chi connectivity index (χ1n) is 8.72. The lowest BCUT2D eigenvalue weighted by molar-refractivity contribution is -0.385. The minimum Gasteiger partial charge on any atom is -0.493 e. The molecule has 2 rings (SSSR count). The summed E-state index contributed by atoms with van der Waals surface area (Å²) >= 11 is 3.19. The quantitative estimate of drug-likeness (QED) is 0.123. The van der Waals surface area contributed by atoms with Crippen molar-refractivity contribution < 1.29 is 46.6 Å². The molecule has 0 aliphatic carbocycles. The zero-order chi connectivity index (χ0) is 24.9. The van der Waals surface area contributed by atoms with Crippen LogP contribution in [0.25, 0.3) is 6.08 Å². The van der Waals surface area contributed by atoms with Crippen molar-refractivity contribution >= 4 is 39.6 Å². The number of nitro groups is 1. The van der Waals surface area contributed by atoms with Gasteiger partial charge < -0.3 is 18.9 Å². The van der Waals surface area contributed by atoms with Gasteiger partial charge in [-0.2, -0.15) is 13.2 Å². The number of carbonyl (C=O) groups is 2. The molecule has 0 N–H and O–H groups in total. The third kappa shape index (κ3) is 6.00. The molecule has 33 heavy (non-hydrogen) atoms. The SMILES string of the molecule is COC(=O)C(=Cc1cc(Br)c(Oc2ccc(C(F)(F)F)cc2[N+](=O)[O-])c(OC)c1)C(=O)OC. The zero-order valence-corrected chi connectivity index (χ0v) is 18.8. The minimum atomic E-state index is -4.79. The van der Waals surface area contributed by atoms with Gasteiger partial charge in [-0.05, 0) is 51.8 Å². The fourth-order valence-electron chi connectivity index (χ4n) is 2.54. The number of ether oxygens (including phenoxy) is 4. The summed E-state index contributed by atoms with van der Waals surface area (Å²) in [7, 11) is 3.39. The maximum Gasteiger partial charge on any atom is 0.416 e. The Morgan fingerprint density at radius 1 is 1.03 bits per heavy atom. The number of methoxy groups -OCH3 is 3. The van der Waals surface area contributed by atoms with E-state index < -0.39 is 45.6 Å². The van der Waals surface area contributed by atoms with Gasteiger partial charge in [-0.3, -0.25) is 10.1 Å². The highest BCUT2D eigenvalue weighted by Gasteiger charge is 2.33. The highest BCUT2D eigenvalue weighted by molar-refractivity contribution is 9.10. The minimum absolute atomic E-state index is 0.0149. The van der Waals surface area contributed by atoms with Crippen LogP contribution in [0.2, 0.25) is 0 Å². The fourth-order valence-corrected chi connectivity index (χ4v) is 3.08. The van der Waals surface area contributed by atoms with Crippen molar-refractivity contribution in [2.45, 2.75) is 6.18 Å². The van der Waals surface area contributed by atoms with E-state index in [1.165, 1.54) is 19.2 Å². The second-order valence-corrected chi connectivity index (χ2v) is 6.97. The molecule has 176 valence electrons. The molecule has 0 aliphatic heterocycles. The predicted molar refractivity (Wildman–Crippen MR) is 111 cm³/mol. The molecule has 0 aromatic heterocycles. The number of halogens is 4. The first kappa shape index (κ1) is 25.6. The molecule has 0 heterocycles. The van der Waals surface area contributed by atoms with Crippen molar-refractivity contribution in [3.05, 3.63) is 61.6 Å². The van der Waals surface area contributed by atoms with E-state index >= 15 is 0 Å². The number of hydrogen-bond donors (Lipinski definition) is 0. The number of nitro benzene ring substituents is 1. The van der Waals surface area contributed by atoms with Gasteiger partial charge in [0.25, 0.3) is 0 Å². The van der Waals surface area contributed by atoms with Crippen molar-refractivity contribution in [2.24, 2.45) is 0 Å². The molecule has 0 radical (unpaired) electrons. The number of rotatable bonds is 7. The topological polar surface area (TPSA) is 114 Å². The van der Waals surface area contributed by atoms with Crippen molar-refractivity contribution in [3.63, 3.8) is 0 Å². The first-order chi connectivity index (χ1) is 15.4. The largest absolute Gasteiger partial charge is 0.493 e. The normalized spacial score (nSPS) is 10.8. The van der Waals surface area contributed by atoms with Gasteiger partial charge in [0.1, 0.15) is 5.57 Å². The van der Waals surface area contributed by atoms with Crippen LogP contribution in [0.3, 0.4) is 0 Å². The van der Waals surface area contributed by atoms with E-state index in [0.717, 1.165) is 26.4 Å². The first-order valence-corrected chi connectivity index (χ1v) is 9.51. The molecule has 13 heteroatoms. The molecule has 0 aliphatic rings. The molecule has 0 spiro atoms. The van der Waals surface area contributed by atoms with Gasteiger partial charge in [0.05, 0.1) is 36.3 Å². The highest BCUT2D eigenvalue weighted by Crippen LogP contribution is 2.43. The van der Waals surface area contributed by atoms with Crippen molar-refractivity contribution in [3.8, 4) is 17.2 Å². The van der Waals surface area contributed by atoms with Crippen molar-refractivity contribution in [2.75, 3.05) is 21.3 Å². The van der Waals surface area contributed by atoms with E-state index in [0.29, 0.717) is 12.1 Å². The fraction of sp³-hybridized carbons (Fsp3) is 0.200. The molecule has 0 amide bonds. The monoisotopic (exact) mass is 533 g/mol. The third-order valence-corrected chi connectivity index (χ3v) is 4.66. The summed E-state index contributed by atoms with van der Waals surface area (Å²) in [6.45, 7) is 0. The average Bonchev–Trinajstić information content (AvgIpc) is 2.77. The summed E-state index contributed by atoms with van der Waals surface area (Å²) in [4.78, 5) is 34.0. The zero-order valence-electron chi connectivity index (χ0n) is 17.2. The Labute approximate surface area is 193 Å². The van der Waals surface area contributed by atoms with Crippen LogP contribution < -0.4 is 9.47 Å². The molecule has 2 aromatic carbocycles. The summed E-state index contributed by atoms with van der Waals surface area (Å²) in [6.07, 6.45) is -3.64. The molecular formula is C20H15BrF3NO8. The second kappa shape index (κ2) is 10.3. The van der Waals surface area contributed by atoms with Crippen LogP contribution in [0.1, 0.15) is 11.1 Å². The molecule has 0 atom stereocenters. The van der Waals surface area contributed by atoms with E-state index in [9.17, 15) is 32.9 Å². The lowest BCUT2D eigenvalue weighted by Crippen LogP contribution is -2.15. The van der Waals surface area contributed by atoms with E-state index in [2.05, 4.69) is 25.4 Å². The summed E-state index contributed by atoms with van der Waals surface area (Å²) in [5.74, 6) is -2.51. The van der Waals surface area contributed by atoms with Gasteiger partial charge in [-0.25, -0.2) is 9.59 Å². The molecule has 0 fully saturated rings. The molecule has 0 unspecified atom stereocenters. The Morgan fingerprint density at radius 3 is 2.12 bits per heavy atom. The Bertz CT molecular complexity index is 1110. The third-order valence-electron chi connectivity index (χ3n) is 4.07. The predicted octanol–water partition coefficient (Wildman–Crippen LogP) is 4.91. The molecule has 2 aromatic rings. The highest BCUT2D eigenvalue weighted by atomic mass is 79.9. The maximum absolute atomic E-state index is 12.9. The van der Waals surface area contributed by atoms with Crippen LogP contribution >= 0.6 is 15.9 Å². The van der Waals surface area contributed by atoms with Gasteiger partial charge in [0.15, 0.2) is 11.5 Å². The number of benzene rings is 2. The molecular weight excluding hydrogens is 519 g/mol. The van der Waals surface area contributed by atoms with Gasteiger partial charge in [0, 0.05) is 6.07 Å². The van der Waals surface area contributed by atoms with Crippen molar-refractivity contribution in [1.82, 2.24) is 0 Å². The molecule has 9 nitrogen and oxygen atoms in total. The lowest BCUT2D eigenvalue weighted by atomic mass is 10.1. The van der Waals surface area contributed by atoms with Crippen LogP contribution in [0.5, 0.6) is 17.2 Å². The second-order valence-electron chi connectivity index (χ2n) is 6.11. The Balaban J connectivity index is 2.56. The number of alkyl halides is 3. The molecule has 0 saturated carbocycles. The summed E-state index contributed by atoms with van der Waals surface area (Å²) < 4.78 is 58.7. The van der Waals surface area contributed by atoms with Crippen LogP contribution in [0.4, 0.5) is 18.9 Å². The summed E-state index contributed by atoms with van der Waals surface area (Å²) in [5.41, 5.74) is -2.31. The van der Waals surface area contributed by atoms with Gasteiger partial charge in [-0.1, -0.05) is 0 Å². The Kier molecular flexibility index (Phi) is 8.03. The Morgan fingerprint density at radius 2 is 1.64 bits per heavy atom. The number of hydrogen-bond acceptors (Lipinski definition) is 8. The van der Waals surface area contributed by atoms with E-state index in [1.54, 1.807) is 0 Å². The van der Waals surface area contributed by atoms with Crippen molar-refractivity contribution in [1.29, 1.82) is 0 Å². The standard InChI is InChI=1S/C20H15BrF3NO8/c1-30-16-8-10(6-12(18(26)31-2)19(27)32-3)7-13(21)17(16)33-15-5-4-11(20(22,23)24)9-14(15)25(28)29/h4-9H,1-3H3. The average molecular weight is 534 g/mol.